The summed E-state index contributed by atoms with van der Waals surface area (Å²) in [6.45, 7) is 0. The number of carbonyl (C=O) groups excluding carboxylic acids is 1. The highest BCUT2D eigenvalue weighted by molar-refractivity contribution is 5.80. The Morgan fingerprint density at radius 2 is 1.74 bits per heavy atom. The van der Waals surface area contributed by atoms with E-state index in [1.54, 1.807) is 7.11 Å². The number of fused-ring (bicyclic) bond motifs is 1. The van der Waals surface area contributed by atoms with Crippen LogP contribution in [0.1, 0.15) is 50.5 Å². The highest BCUT2D eigenvalue weighted by Crippen LogP contribution is 2.38. The molecular formula is C19H23NO3. The summed E-state index contributed by atoms with van der Waals surface area (Å²) in [5.74, 6) is 1.05. The fraction of sp³-hybridized carbons (Fsp3) is 0.579. The summed E-state index contributed by atoms with van der Waals surface area (Å²) in [5, 5.41) is 9.42. The van der Waals surface area contributed by atoms with Gasteiger partial charge in [0.15, 0.2) is 0 Å². The molecule has 2 aliphatic heterocycles. The number of carbonyl (C=O) groups is 1. The summed E-state index contributed by atoms with van der Waals surface area (Å²) < 4.78 is 10.4. The van der Waals surface area contributed by atoms with Crippen molar-refractivity contribution in [2.75, 3.05) is 7.11 Å². The topological polar surface area (TPSA) is 59.3 Å². The Kier molecular flexibility index (Phi) is 4.68. The molecule has 2 saturated carbocycles. The maximum absolute atomic E-state index is 11.3. The molecule has 2 bridgehead atoms. The molecule has 2 saturated heterocycles. The molecule has 2 aliphatic carbocycles. The second-order valence-corrected chi connectivity index (χ2v) is 6.65. The van der Waals surface area contributed by atoms with Gasteiger partial charge in [0, 0.05) is 12.8 Å². The minimum atomic E-state index is -0.486. The number of rotatable bonds is 2. The lowest BCUT2D eigenvalue weighted by molar-refractivity contribution is -0.120. The maximum Gasteiger partial charge on any atom is 0.133 e. The van der Waals surface area contributed by atoms with Gasteiger partial charge in [0.1, 0.15) is 11.5 Å². The summed E-state index contributed by atoms with van der Waals surface area (Å²) in [5.41, 5.74) is 0.508. The first kappa shape index (κ1) is 16.0. The Morgan fingerprint density at radius 1 is 1.17 bits per heavy atom. The first-order valence-electron chi connectivity index (χ1n) is 8.38. The zero-order valence-electron chi connectivity index (χ0n) is 13.6. The van der Waals surface area contributed by atoms with Crippen molar-refractivity contribution in [1.82, 2.24) is 0 Å². The molecule has 2 atom stereocenters. The van der Waals surface area contributed by atoms with E-state index in [1.807, 2.05) is 24.3 Å². The molecule has 2 heterocycles. The van der Waals surface area contributed by atoms with E-state index >= 15 is 0 Å². The molecule has 2 unspecified atom stereocenters. The van der Waals surface area contributed by atoms with Gasteiger partial charge in [-0.15, -0.1) is 0 Å². The van der Waals surface area contributed by atoms with Crippen LogP contribution in [0.3, 0.4) is 0 Å². The van der Waals surface area contributed by atoms with E-state index < -0.39 is 5.41 Å². The van der Waals surface area contributed by atoms with E-state index in [-0.39, 0.29) is 5.78 Å². The third-order valence-electron chi connectivity index (χ3n) is 5.24. The zero-order chi connectivity index (χ0) is 16.3. The second-order valence-electron chi connectivity index (χ2n) is 6.65. The van der Waals surface area contributed by atoms with Crippen LogP contribution in [0.5, 0.6) is 5.75 Å². The zero-order valence-corrected chi connectivity index (χ0v) is 13.6. The van der Waals surface area contributed by atoms with E-state index in [9.17, 15) is 10.1 Å². The predicted molar refractivity (Wildman–Crippen MR) is 86.3 cm³/mol. The number of methoxy groups -OCH3 is 1. The van der Waals surface area contributed by atoms with Crippen LogP contribution in [0, 0.1) is 11.3 Å². The quantitative estimate of drug-likeness (QED) is 0.838. The molecule has 4 nitrogen and oxygen atoms in total. The summed E-state index contributed by atoms with van der Waals surface area (Å²) in [6.07, 6.45) is 7.71. The van der Waals surface area contributed by atoms with Crippen LogP contribution in [-0.2, 0) is 14.9 Å². The molecule has 0 N–H and O–H groups in total. The highest BCUT2D eigenvalue weighted by atomic mass is 16.5. The first-order chi connectivity index (χ1) is 11.1. The Labute approximate surface area is 137 Å². The maximum atomic E-state index is 11.3. The summed E-state index contributed by atoms with van der Waals surface area (Å²) >= 11 is 0. The first-order valence-corrected chi connectivity index (χ1v) is 8.38. The van der Waals surface area contributed by atoms with Gasteiger partial charge in [-0.25, -0.2) is 0 Å². The lowest BCUT2D eigenvalue weighted by Gasteiger charge is -2.30. The number of benzene rings is 1. The molecular weight excluding hydrogens is 290 g/mol. The van der Waals surface area contributed by atoms with E-state index in [2.05, 4.69) is 6.07 Å². The third-order valence-corrected chi connectivity index (χ3v) is 5.24. The molecule has 5 rings (SSSR count). The van der Waals surface area contributed by atoms with Gasteiger partial charge in [0.05, 0.1) is 30.8 Å². The minimum Gasteiger partial charge on any atom is -0.497 e. The molecule has 1 aromatic rings. The summed E-state index contributed by atoms with van der Waals surface area (Å²) in [4.78, 5) is 11.3. The third kappa shape index (κ3) is 3.40. The van der Waals surface area contributed by atoms with Crippen molar-refractivity contribution in [3.05, 3.63) is 29.8 Å². The predicted octanol–water partition coefficient (Wildman–Crippen LogP) is 3.54. The number of nitriles is 1. The average molecular weight is 313 g/mol. The number of hydrogen-bond acceptors (Lipinski definition) is 4. The average Bonchev–Trinajstić information content (AvgIpc) is 3.22. The molecule has 0 amide bonds. The fourth-order valence-corrected chi connectivity index (χ4v) is 3.63. The van der Waals surface area contributed by atoms with Crippen LogP contribution in [0.2, 0.25) is 0 Å². The lowest BCUT2D eigenvalue weighted by atomic mass is 9.70. The summed E-state index contributed by atoms with van der Waals surface area (Å²) in [7, 11) is 1.62. The Hall–Kier alpha value is -1.86. The fourth-order valence-electron chi connectivity index (χ4n) is 3.63. The van der Waals surface area contributed by atoms with Gasteiger partial charge in [0.25, 0.3) is 0 Å². The van der Waals surface area contributed by atoms with Gasteiger partial charge >= 0.3 is 0 Å². The summed E-state index contributed by atoms with van der Waals surface area (Å²) in [6, 6.07) is 9.99. The molecule has 1 aromatic carbocycles. The van der Waals surface area contributed by atoms with Gasteiger partial charge in [-0.05, 0) is 49.8 Å². The molecule has 4 aliphatic rings. The number of ketones is 1. The van der Waals surface area contributed by atoms with Gasteiger partial charge in [-0.3, -0.25) is 4.79 Å². The lowest BCUT2D eigenvalue weighted by Crippen LogP contribution is -2.30. The van der Waals surface area contributed by atoms with Crippen LogP contribution >= 0.6 is 0 Å². The van der Waals surface area contributed by atoms with Crippen molar-refractivity contribution < 1.29 is 14.3 Å². The smallest absolute Gasteiger partial charge is 0.133 e. The molecule has 4 heteroatoms. The number of Topliss-reactive ketones (excluding diaryl/α,β-unsaturated/α-hetero) is 1. The minimum absolute atomic E-state index is 0.268. The van der Waals surface area contributed by atoms with Gasteiger partial charge in [-0.1, -0.05) is 12.1 Å². The van der Waals surface area contributed by atoms with Gasteiger partial charge in [-0.2, -0.15) is 5.26 Å². The van der Waals surface area contributed by atoms with Crippen molar-refractivity contribution >= 4 is 5.78 Å². The molecule has 0 aromatic heterocycles. The van der Waals surface area contributed by atoms with Crippen LogP contribution in [-0.4, -0.2) is 25.1 Å². The SMILES string of the molecule is C1CC2CC1O2.COc1ccc(C2(C#N)CCC(=O)CC2)cc1. The van der Waals surface area contributed by atoms with Crippen molar-refractivity contribution in [1.29, 1.82) is 5.26 Å². The molecule has 0 spiro atoms. The number of hydrogen-bond donors (Lipinski definition) is 0. The standard InChI is InChI=1S/C14H15NO2.C5H8O/c1-17-13-4-2-11(3-5-13)14(10-15)8-6-12(16)7-9-14;1-2-5-3-4(1)6-5/h2-5H,6-9H2,1H3;4-5H,1-3H2. The highest BCUT2D eigenvalue weighted by Gasteiger charge is 2.37. The van der Waals surface area contributed by atoms with Crippen molar-refractivity contribution in [2.24, 2.45) is 0 Å². The Balaban J connectivity index is 0.000000213. The Bertz CT molecular complexity index is 573. The second kappa shape index (κ2) is 6.72. The van der Waals surface area contributed by atoms with Crippen LogP contribution in [0.15, 0.2) is 24.3 Å². The normalized spacial score (nSPS) is 27.2. The molecule has 23 heavy (non-hydrogen) atoms. The van der Waals surface area contributed by atoms with Gasteiger partial charge in [0.2, 0.25) is 0 Å². The molecule has 0 radical (unpaired) electrons. The molecule has 4 fully saturated rings. The van der Waals surface area contributed by atoms with Crippen LogP contribution in [0.25, 0.3) is 0 Å². The van der Waals surface area contributed by atoms with E-state index in [4.69, 9.17) is 9.47 Å². The largest absolute Gasteiger partial charge is 0.497 e. The molecule has 122 valence electrons. The van der Waals surface area contributed by atoms with Crippen molar-refractivity contribution in [3.63, 3.8) is 0 Å². The van der Waals surface area contributed by atoms with Crippen LogP contribution in [0.4, 0.5) is 0 Å². The van der Waals surface area contributed by atoms with Gasteiger partial charge < -0.3 is 9.47 Å². The van der Waals surface area contributed by atoms with E-state index in [1.165, 1.54) is 19.3 Å². The van der Waals surface area contributed by atoms with Crippen molar-refractivity contribution in [2.45, 2.75) is 62.6 Å². The number of ether oxygens (including phenoxy) is 2. The van der Waals surface area contributed by atoms with Crippen molar-refractivity contribution in [3.8, 4) is 11.8 Å². The Morgan fingerprint density at radius 3 is 2.13 bits per heavy atom. The van der Waals surface area contributed by atoms with E-state index in [0.717, 1.165) is 11.3 Å². The number of nitrogens with zero attached hydrogens (tertiary/aromatic N) is 1. The monoisotopic (exact) mass is 313 g/mol. The van der Waals surface area contributed by atoms with E-state index in [0.29, 0.717) is 37.9 Å². The van der Waals surface area contributed by atoms with Crippen LogP contribution < -0.4 is 4.74 Å².